The number of hydrogen-bond acceptors (Lipinski definition) is 7. The number of hydrogen-bond donors (Lipinski definition) is 2. The Morgan fingerprint density at radius 3 is 2.71 bits per heavy atom. The number of thiazole rings is 1. The van der Waals surface area contributed by atoms with E-state index in [0.717, 1.165) is 20.9 Å². The van der Waals surface area contributed by atoms with Crippen LogP contribution >= 0.6 is 11.3 Å². The zero-order chi connectivity index (χ0) is 19.3. The second-order valence-electron chi connectivity index (χ2n) is 5.92. The van der Waals surface area contributed by atoms with Crippen molar-refractivity contribution in [1.82, 2.24) is 20.3 Å². The number of nitrogens with zero attached hydrogens (tertiary/aromatic N) is 3. The summed E-state index contributed by atoms with van der Waals surface area (Å²) in [6.45, 7) is 0.685. The SMILES string of the molecule is CNC(=O)c1cc(Oc2ccc3nc(NCc4ccncc4)sc3c2)ccn1. The molecule has 0 radical (unpaired) electrons. The molecule has 4 aromatic rings. The molecular formula is C20H17N5O2S. The van der Waals surface area contributed by atoms with Crippen LogP contribution in [-0.4, -0.2) is 27.9 Å². The highest BCUT2D eigenvalue weighted by molar-refractivity contribution is 7.22. The summed E-state index contributed by atoms with van der Waals surface area (Å²) in [6.07, 6.45) is 5.09. The Labute approximate surface area is 165 Å². The first kappa shape index (κ1) is 17.9. The third-order valence-corrected chi connectivity index (χ3v) is 4.96. The van der Waals surface area contributed by atoms with Crippen molar-refractivity contribution in [2.24, 2.45) is 0 Å². The van der Waals surface area contributed by atoms with E-state index < -0.39 is 0 Å². The quantitative estimate of drug-likeness (QED) is 0.519. The van der Waals surface area contributed by atoms with Crippen LogP contribution in [0.15, 0.2) is 61.1 Å². The lowest BCUT2D eigenvalue weighted by atomic mass is 10.3. The first-order valence-electron chi connectivity index (χ1n) is 8.60. The zero-order valence-electron chi connectivity index (χ0n) is 15.0. The number of carbonyl (C=O) groups is 1. The summed E-state index contributed by atoms with van der Waals surface area (Å²) in [6, 6.07) is 13.0. The van der Waals surface area contributed by atoms with E-state index in [-0.39, 0.29) is 5.91 Å². The number of anilines is 1. The number of benzene rings is 1. The molecule has 0 atom stereocenters. The van der Waals surface area contributed by atoms with Crippen LogP contribution in [0.2, 0.25) is 0 Å². The van der Waals surface area contributed by atoms with Crippen LogP contribution in [0.1, 0.15) is 16.1 Å². The molecule has 2 N–H and O–H groups in total. The first-order chi connectivity index (χ1) is 13.7. The van der Waals surface area contributed by atoms with Gasteiger partial charge in [-0.25, -0.2) is 4.98 Å². The lowest BCUT2D eigenvalue weighted by Gasteiger charge is -2.06. The Balaban J connectivity index is 1.49. The monoisotopic (exact) mass is 391 g/mol. The molecule has 4 rings (SSSR count). The Kier molecular flexibility index (Phi) is 5.11. The fourth-order valence-corrected chi connectivity index (χ4v) is 3.48. The maximum absolute atomic E-state index is 11.7. The van der Waals surface area contributed by atoms with Crippen molar-refractivity contribution in [3.63, 3.8) is 0 Å². The van der Waals surface area contributed by atoms with Crippen LogP contribution in [0.5, 0.6) is 11.5 Å². The largest absolute Gasteiger partial charge is 0.457 e. The van der Waals surface area contributed by atoms with Crippen molar-refractivity contribution in [3.05, 3.63) is 72.3 Å². The highest BCUT2D eigenvalue weighted by Crippen LogP contribution is 2.31. The molecule has 0 bridgehead atoms. The van der Waals surface area contributed by atoms with E-state index in [2.05, 4.69) is 25.6 Å². The zero-order valence-corrected chi connectivity index (χ0v) is 15.9. The minimum Gasteiger partial charge on any atom is -0.457 e. The standard InChI is InChI=1S/C20H17N5O2S/c1-21-19(26)17-10-15(6-9-23-17)27-14-2-3-16-18(11-14)28-20(25-16)24-12-13-4-7-22-8-5-13/h2-11H,12H2,1H3,(H,21,26)(H,24,25). The van der Waals surface area contributed by atoms with E-state index in [9.17, 15) is 4.79 Å². The highest BCUT2D eigenvalue weighted by atomic mass is 32.1. The van der Waals surface area contributed by atoms with Gasteiger partial charge in [-0.05, 0) is 35.9 Å². The summed E-state index contributed by atoms with van der Waals surface area (Å²) in [5.74, 6) is 0.965. The van der Waals surface area contributed by atoms with Gasteiger partial charge in [-0.3, -0.25) is 14.8 Å². The molecule has 140 valence electrons. The number of ether oxygens (including phenoxy) is 1. The molecule has 3 aromatic heterocycles. The van der Waals surface area contributed by atoms with Crippen molar-refractivity contribution in [3.8, 4) is 11.5 Å². The number of nitrogens with one attached hydrogen (secondary N) is 2. The predicted molar refractivity (Wildman–Crippen MR) is 109 cm³/mol. The smallest absolute Gasteiger partial charge is 0.269 e. The van der Waals surface area contributed by atoms with Crippen molar-refractivity contribution in [2.45, 2.75) is 6.54 Å². The Morgan fingerprint density at radius 2 is 1.89 bits per heavy atom. The Morgan fingerprint density at radius 1 is 1.07 bits per heavy atom. The number of rotatable bonds is 6. The normalized spacial score (nSPS) is 10.6. The fourth-order valence-electron chi connectivity index (χ4n) is 2.59. The predicted octanol–water partition coefficient (Wildman–Crippen LogP) is 3.85. The van der Waals surface area contributed by atoms with E-state index in [0.29, 0.717) is 23.7 Å². The maximum atomic E-state index is 11.7. The molecule has 7 nitrogen and oxygen atoms in total. The van der Waals surface area contributed by atoms with Gasteiger partial charge in [-0.2, -0.15) is 0 Å². The van der Waals surface area contributed by atoms with Gasteiger partial charge in [0, 0.05) is 44.3 Å². The van der Waals surface area contributed by atoms with Crippen LogP contribution in [-0.2, 0) is 6.54 Å². The number of pyridine rings is 2. The minimum absolute atomic E-state index is 0.256. The topological polar surface area (TPSA) is 89.0 Å². The van der Waals surface area contributed by atoms with E-state index in [1.54, 1.807) is 49.1 Å². The van der Waals surface area contributed by atoms with Gasteiger partial charge in [0.1, 0.15) is 17.2 Å². The number of amides is 1. The molecule has 0 saturated heterocycles. The first-order valence-corrected chi connectivity index (χ1v) is 9.42. The Bertz CT molecular complexity index is 1110. The van der Waals surface area contributed by atoms with E-state index in [4.69, 9.17) is 4.74 Å². The summed E-state index contributed by atoms with van der Waals surface area (Å²) >= 11 is 1.56. The number of aromatic nitrogens is 3. The van der Waals surface area contributed by atoms with E-state index >= 15 is 0 Å². The second kappa shape index (κ2) is 8.01. The summed E-state index contributed by atoms with van der Waals surface area (Å²) < 4.78 is 6.90. The molecule has 0 saturated carbocycles. The van der Waals surface area contributed by atoms with Gasteiger partial charge >= 0.3 is 0 Å². The van der Waals surface area contributed by atoms with Crippen molar-refractivity contribution in [1.29, 1.82) is 0 Å². The van der Waals surface area contributed by atoms with Crippen molar-refractivity contribution >= 4 is 32.6 Å². The average molecular weight is 391 g/mol. The molecular weight excluding hydrogens is 374 g/mol. The molecule has 0 fully saturated rings. The second-order valence-corrected chi connectivity index (χ2v) is 6.95. The summed E-state index contributed by atoms with van der Waals surface area (Å²) in [5, 5.41) is 6.72. The van der Waals surface area contributed by atoms with Gasteiger partial charge in [0.15, 0.2) is 5.13 Å². The molecule has 0 unspecified atom stereocenters. The third-order valence-electron chi connectivity index (χ3n) is 3.98. The molecule has 0 aliphatic rings. The molecule has 28 heavy (non-hydrogen) atoms. The molecule has 0 aliphatic heterocycles. The van der Waals surface area contributed by atoms with E-state index in [1.807, 2.05) is 30.3 Å². The van der Waals surface area contributed by atoms with E-state index in [1.165, 1.54) is 0 Å². The summed E-state index contributed by atoms with van der Waals surface area (Å²) in [7, 11) is 1.57. The molecule has 8 heteroatoms. The summed E-state index contributed by atoms with van der Waals surface area (Å²) in [5.41, 5.74) is 2.35. The number of fused-ring (bicyclic) bond motifs is 1. The average Bonchev–Trinajstić information content (AvgIpc) is 3.15. The van der Waals surface area contributed by atoms with Crippen LogP contribution in [0.3, 0.4) is 0 Å². The van der Waals surface area contributed by atoms with Crippen LogP contribution in [0.4, 0.5) is 5.13 Å². The Hall–Kier alpha value is -3.52. The van der Waals surface area contributed by atoms with Gasteiger partial charge in [-0.15, -0.1) is 0 Å². The van der Waals surface area contributed by atoms with Crippen LogP contribution < -0.4 is 15.4 Å². The van der Waals surface area contributed by atoms with Gasteiger partial charge in [0.2, 0.25) is 0 Å². The van der Waals surface area contributed by atoms with Crippen LogP contribution in [0.25, 0.3) is 10.2 Å². The molecule has 1 aromatic carbocycles. The molecule has 0 spiro atoms. The number of carbonyl (C=O) groups excluding carboxylic acids is 1. The lowest BCUT2D eigenvalue weighted by molar-refractivity contribution is 0.0958. The van der Waals surface area contributed by atoms with Gasteiger partial charge < -0.3 is 15.4 Å². The van der Waals surface area contributed by atoms with Gasteiger partial charge in [0.25, 0.3) is 5.91 Å². The maximum Gasteiger partial charge on any atom is 0.269 e. The van der Waals surface area contributed by atoms with Gasteiger partial charge in [0.05, 0.1) is 10.2 Å². The van der Waals surface area contributed by atoms with Gasteiger partial charge in [-0.1, -0.05) is 11.3 Å². The fraction of sp³-hybridized carbons (Fsp3) is 0.100. The summed E-state index contributed by atoms with van der Waals surface area (Å²) in [4.78, 5) is 24.4. The molecule has 0 aliphatic carbocycles. The third kappa shape index (κ3) is 4.07. The van der Waals surface area contributed by atoms with Crippen LogP contribution in [0, 0.1) is 0 Å². The van der Waals surface area contributed by atoms with Crippen molar-refractivity contribution in [2.75, 3.05) is 12.4 Å². The molecule has 3 heterocycles. The lowest BCUT2D eigenvalue weighted by Crippen LogP contribution is -2.18. The van der Waals surface area contributed by atoms with Crippen molar-refractivity contribution < 1.29 is 9.53 Å². The minimum atomic E-state index is -0.256. The molecule has 1 amide bonds. The highest BCUT2D eigenvalue weighted by Gasteiger charge is 2.09.